The molecule has 0 spiro atoms. The Morgan fingerprint density at radius 2 is 2.21 bits per heavy atom. The number of benzene rings is 1. The Labute approximate surface area is 151 Å². The van der Waals surface area contributed by atoms with E-state index >= 15 is 0 Å². The van der Waals surface area contributed by atoms with E-state index in [0.717, 1.165) is 21.5 Å². The molecule has 122 valence electrons. The van der Waals surface area contributed by atoms with Gasteiger partial charge in [-0.1, -0.05) is 34.6 Å². The number of aromatic nitrogens is 3. The first-order valence-corrected chi connectivity index (χ1v) is 9.16. The van der Waals surface area contributed by atoms with Gasteiger partial charge in [-0.3, -0.25) is 0 Å². The quantitative estimate of drug-likeness (QED) is 0.643. The first-order chi connectivity index (χ1) is 11.7. The summed E-state index contributed by atoms with van der Waals surface area (Å²) in [6.45, 7) is 2.04. The van der Waals surface area contributed by atoms with E-state index in [1.54, 1.807) is 6.26 Å². The van der Waals surface area contributed by atoms with Gasteiger partial charge in [0, 0.05) is 15.7 Å². The van der Waals surface area contributed by atoms with Gasteiger partial charge >= 0.3 is 0 Å². The molecule has 3 aromatic rings. The fraction of sp³-hybridized carbons (Fsp3) is 0.188. The van der Waals surface area contributed by atoms with Gasteiger partial charge in [-0.15, -0.1) is 10.2 Å². The van der Waals surface area contributed by atoms with Gasteiger partial charge in [0.05, 0.1) is 6.26 Å². The van der Waals surface area contributed by atoms with Crippen LogP contribution in [0, 0.1) is 0 Å². The summed E-state index contributed by atoms with van der Waals surface area (Å²) in [5.41, 5.74) is 2.36. The number of nitrogens with zero attached hydrogens (tertiary/aromatic N) is 3. The van der Waals surface area contributed by atoms with Crippen LogP contribution in [0.4, 0.5) is 5.69 Å². The number of fused-ring (bicyclic) bond motifs is 3. The molecule has 0 fully saturated rings. The number of nitrogens with one attached hydrogen (secondary N) is 1. The maximum Gasteiger partial charge on any atom is 0.247 e. The van der Waals surface area contributed by atoms with Crippen LogP contribution >= 0.6 is 27.7 Å². The molecule has 1 N–H and O–H groups in total. The maximum absolute atomic E-state index is 6.06. The zero-order valence-electron chi connectivity index (χ0n) is 12.7. The van der Waals surface area contributed by atoms with Crippen molar-refractivity contribution in [3.05, 3.63) is 46.8 Å². The zero-order valence-corrected chi connectivity index (χ0v) is 15.1. The van der Waals surface area contributed by atoms with Crippen LogP contribution in [0.1, 0.15) is 18.9 Å². The molecule has 1 aliphatic heterocycles. The molecule has 0 aliphatic carbocycles. The number of hydrogen-bond donors (Lipinski definition) is 1. The van der Waals surface area contributed by atoms with E-state index in [-0.39, 0.29) is 0 Å². The average molecular weight is 405 g/mol. The number of thioether (sulfide) groups is 1. The molecular weight excluding hydrogens is 392 g/mol. The second kappa shape index (κ2) is 6.45. The Morgan fingerprint density at radius 1 is 1.29 bits per heavy atom. The van der Waals surface area contributed by atoms with Gasteiger partial charge in [-0.2, -0.15) is 4.98 Å². The third-order valence-electron chi connectivity index (χ3n) is 3.46. The molecule has 1 atom stereocenters. The third kappa shape index (κ3) is 2.87. The summed E-state index contributed by atoms with van der Waals surface area (Å²) in [4.78, 5) is 4.52. The molecule has 0 amide bonds. The van der Waals surface area contributed by atoms with Crippen molar-refractivity contribution >= 4 is 33.4 Å². The van der Waals surface area contributed by atoms with Crippen LogP contribution in [0.5, 0.6) is 5.88 Å². The number of rotatable bonds is 3. The summed E-state index contributed by atoms with van der Waals surface area (Å²) in [6.07, 6.45) is 1.13. The minimum atomic E-state index is -0.489. The fourth-order valence-corrected chi connectivity index (χ4v) is 3.29. The monoisotopic (exact) mass is 404 g/mol. The summed E-state index contributed by atoms with van der Waals surface area (Å²) >= 11 is 5.02. The smallest absolute Gasteiger partial charge is 0.247 e. The van der Waals surface area contributed by atoms with E-state index in [1.165, 1.54) is 11.8 Å². The highest BCUT2D eigenvalue weighted by Gasteiger charge is 2.27. The Balaban J connectivity index is 1.86. The van der Waals surface area contributed by atoms with Gasteiger partial charge in [0.2, 0.25) is 17.3 Å². The van der Waals surface area contributed by atoms with Crippen LogP contribution in [-0.2, 0) is 0 Å². The van der Waals surface area contributed by atoms with Crippen LogP contribution < -0.4 is 10.1 Å². The predicted octanol–water partition coefficient (Wildman–Crippen LogP) is 4.51. The Kier molecular flexibility index (Phi) is 4.15. The van der Waals surface area contributed by atoms with Crippen molar-refractivity contribution in [2.24, 2.45) is 0 Å². The summed E-state index contributed by atoms with van der Waals surface area (Å²) in [5.74, 6) is 1.97. The number of halogens is 1. The minimum absolute atomic E-state index is 0.437. The summed E-state index contributed by atoms with van der Waals surface area (Å²) in [7, 11) is 0. The van der Waals surface area contributed by atoms with E-state index in [2.05, 4.69) is 36.4 Å². The first-order valence-electron chi connectivity index (χ1n) is 7.38. The zero-order chi connectivity index (χ0) is 16.5. The Hall–Kier alpha value is -2.06. The van der Waals surface area contributed by atoms with E-state index < -0.39 is 6.23 Å². The molecule has 4 rings (SSSR count). The number of furan rings is 1. The second-order valence-corrected chi connectivity index (χ2v) is 7.18. The second-order valence-electron chi connectivity index (χ2n) is 5.03. The topological polar surface area (TPSA) is 73.1 Å². The molecule has 0 unspecified atom stereocenters. The van der Waals surface area contributed by atoms with Crippen molar-refractivity contribution < 1.29 is 9.15 Å². The first kappa shape index (κ1) is 15.5. The molecule has 24 heavy (non-hydrogen) atoms. The van der Waals surface area contributed by atoms with Crippen LogP contribution in [0.3, 0.4) is 0 Å². The number of anilines is 1. The van der Waals surface area contributed by atoms with Gasteiger partial charge in [-0.05, 0) is 36.1 Å². The van der Waals surface area contributed by atoms with Crippen LogP contribution in [0.25, 0.3) is 11.3 Å². The van der Waals surface area contributed by atoms with Crippen molar-refractivity contribution in [1.29, 1.82) is 0 Å². The summed E-state index contributed by atoms with van der Waals surface area (Å²) in [6, 6.07) is 9.57. The molecule has 0 radical (unpaired) electrons. The van der Waals surface area contributed by atoms with E-state index in [1.807, 2.05) is 37.3 Å². The lowest BCUT2D eigenvalue weighted by atomic mass is 10.1. The molecular formula is C16H13BrN4O2S. The van der Waals surface area contributed by atoms with Gasteiger partial charge in [-0.25, -0.2) is 0 Å². The standard InChI is InChI=1S/C16H13BrN4O2S/c1-2-24-16-19-15-13(20-21-16)10-8-9(17)5-6-11(10)18-14(23-15)12-4-3-7-22-12/h3-8,14,18H,2H2,1H3/t14-/m0/s1. The number of ether oxygens (including phenoxy) is 1. The predicted molar refractivity (Wildman–Crippen MR) is 95.1 cm³/mol. The normalized spacial score (nSPS) is 15.7. The minimum Gasteiger partial charge on any atom is -0.463 e. The van der Waals surface area contributed by atoms with Crippen LogP contribution in [0.15, 0.2) is 50.6 Å². The van der Waals surface area contributed by atoms with Crippen LogP contribution in [-0.4, -0.2) is 20.9 Å². The summed E-state index contributed by atoms with van der Waals surface area (Å²) in [5, 5.41) is 12.5. The SMILES string of the molecule is CCSc1nnc2c(n1)O[C@@H](c1ccco1)Nc1ccc(Br)cc1-2. The van der Waals surface area contributed by atoms with Gasteiger partial charge in [0.1, 0.15) is 0 Å². The van der Waals surface area contributed by atoms with E-state index in [0.29, 0.717) is 22.5 Å². The van der Waals surface area contributed by atoms with Gasteiger partial charge in [0.25, 0.3) is 0 Å². The van der Waals surface area contributed by atoms with Gasteiger partial charge in [0.15, 0.2) is 11.5 Å². The number of hydrogen-bond acceptors (Lipinski definition) is 7. The van der Waals surface area contributed by atoms with E-state index in [4.69, 9.17) is 9.15 Å². The molecule has 6 nitrogen and oxygen atoms in total. The fourth-order valence-electron chi connectivity index (χ4n) is 2.43. The molecule has 1 aromatic carbocycles. The van der Waals surface area contributed by atoms with Crippen molar-refractivity contribution in [3.63, 3.8) is 0 Å². The largest absolute Gasteiger partial charge is 0.463 e. The Morgan fingerprint density at radius 3 is 3.00 bits per heavy atom. The lowest BCUT2D eigenvalue weighted by Gasteiger charge is -2.16. The third-order valence-corrected chi connectivity index (χ3v) is 4.68. The highest BCUT2D eigenvalue weighted by atomic mass is 79.9. The van der Waals surface area contributed by atoms with Crippen LogP contribution in [0.2, 0.25) is 0 Å². The van der Waals surface area contributed by atoms with Crippen molar-refractivity contribution in [3.8, 4) is 17.1 Å². The lowest BCUT2D eigenvalue weighted by molar-refractivity contribution is 0.195. The highest BCUT2D eigenvalue weighted by molar-refractivity contribution is 9.10. The molecule has 0 saturated carbocycles. The summed E-state index contributed by atoms with van der Waals surface area (Å²) < 4.78 is 12.5. The van der Waals surface area contributed by atoms with Crippen molar-refractivity contribution in [1.82, 2.24) is 15.2 Å². The Bertz CT molecular complexity index is 873. The molecule has 2 aromatic heterocycles. The highest BCUT2D eigenvalue weighted by Crippen LogP contribution is 2.40. The van der Waals surface area contributed by atoms with Crippen molar-refractivity contribution in [2.45, 2.75) is 18.3 Å². The molecule has 0 bridgehead atoms. The molecule has 3 heterocycles. The lowest BCUT2D eigenvalue weighted by Crippen LogP contribution is -2.16. The molecule has 0 saturated heterocycles. The van der Waals surface area contributed by atoms with E-state index in [9.17, 15) is 0 Å². The maximum atomic E-state index is 6.06. The van der Waals surface area contributed by atoms with Crippen molar-refractivity contribution in [2.75, 3.05) is 11.1 Å². The average Bonchev–Trinajstić information content (AvgIpc) is 3.06. The van der Waals surface area contributed by atoms with Gasteiger partial charge < -0.3 is 14.5 Å². The molecule has 8 heteroatoms. The molecule has 1 aliphatic rings.